The Hall–Kier alpha value is -1.51. The van der Waals surface area contributed by atoms with Crippen molar-refractivity contribution in [3.63, 3.8) is 0 Å². The minimum Gasteiger partial charge on any atom is -0.335 e. The van der Waals surface area contributed by atoms with Gasteiger partial charge in [-0.3, -0.25) is 4.90 Å². The van der Waals surface area contributed by atoms with Crippen LogP contribution in [0, 0.1) is 6.92 Å². The smallest absolute Gasteiger partial charge is 0.321 e. The molecule has 3 nitrogen and oxygen atoms in total. The van der Waals surface area contributed by atoms with E-state index >= 15 is 0 Å². The topological polar surface area (TPSA) is 32.3 Å². The molecule has 1 saturated carbocycles. The Kier molecular flexibility index (Phi) is 3.67. The number of carbonyl (C=O) groups is 1. The second kappa shape index (κ2) is 5.21. The zero-order chi connectivity index (χ0) is 12.3. The van der Waals surface area contributed by atoms with E-state index in [4.69, 9.17) is 0 Å². The van der Waals surface area contributed by atoms with E-state index in [0.717, 1.165) is 18.5 Å². The number of amides is 2. The Morgan fingerprint density at radius 3 is 2.41 bits per heavy atom. The summed E-state index contributed by atoms with van der Waals surface area (Å²) < 4.78 is 0. The predicted octanol–water partition coefficient (Wildman–Crippen LogP) is 3.08. The molecule has 1 aliphatic rings. The molecule has 1 fully saturated rings. The van der Waals surface area contributed by atoms with Gasteiger partial charge in [0.25, 0.3) is 0 Å². The molecule has 2 rings (SSSR count). The number of urea groups is 1. The van der Waals surface area contributed by atoms with Crippen LogP contribution in [-0.2, 0) is 0 Å². The number of rotatable bonds is 2. The Bertz CT molecular complexity index is 380. The molecular weight excluding hydrogens is 212 g/mol. The molecule has 1 N–H and O–H groups in total. The molecule has 3 heteroatoms. The van der Waals surface area contributed by atoms with Crippen LogP contribution in [0.1, 0.15) is 31.2 Å². The molecule has 1 aromatic rings. The maximum atomic E-state index is 12.0. The number of aryl methyl sites for hydroxylation is 1. The molecule has 1 aromatic carbocycles. The van der Waals surface area contributed by atoms with Crippen molar-refractivity contribution in [1.29, 1.82) is 0 Å². The second-order valence-corrected chi connectivity index (χ2v) is 4.83. The van der Waals surface area contributed by atoms with Gasteiger partial charge >= 0.3 is 6.03 Å². The zero-order valence-electron chi connectivity index (χ0n) is 10.6. The van der Waals surface area contributed by atoms with E-state index in [0.29, 0.717) is 6.04 Å². The fourth-order valence-electron chi connectivity index (χ4n) is 2.23. The number of hydrogen-bond donors (Lipinski definition) is 1. The van der Waals surface area contributed by atoms with Crippen molar-refractivity contribution < 1.29 is 4.79 Å². The normalized spacial score (nSPS) is 15.9. The van der Waals surface area contributed by atoms with Crippen molar-refractivity contribution in [3.8, 4) is 0 Å². The molecule has 1 aliphatic carbocycles. The monoisotopic (exact) mass is 232 g/mol. The summed E-state index contributed by atoms with van der Waals surface area (Å²) >= 11 is 0. The molecule has 0 heterocycles. The Balaban J connectivity index is 1.96. The Morgan fingerprint density at radius 2 is 1.82 bits per heavy atom. The van der Waals surface area contributed by atoms with Crippen molar-refractivity contribution in [2.45, 2.75) is 38.6 Å². The van der Waals surface area contributed by atoms with Crippen molar-refractivity contribution in [2.75, 3.05) is 11.9 Å². The van der Waals surface area contributed by atoms with Crippen LogP contribution in [0.2, 0.25) is 0 Å². The first kappa shape index (κ1) is 12.0. The van der Waals surface area contributed by atoms with E-state index in [-0.39, 0.29) is 6.03 Å². The highest BCUT2D eigenvalue weighted by Crippen LogP contribution is 2.19. The van der Waals surface area contributed by atoms with Crippen LogP contribution >= 0.6 is 0 Å². The lowest BCUT2D eigenvalue weighted by Crippen LogP contribution is -2.42. The molecule has 0 unspecified atom stereocenters. The molecule has 92 valence electrons. The van der Waals surface area contributed by atoms with E-state index in [1.807, 2.05) is 38.2 Å². The number of nitrogens with zero attached hydrogens (tertiary/aromatic N) is 1. The zero-order valence-corrected chi connectivity index (χ0v) is 10.6. The van der Waals surface area contributed by atoms with E-state index in [1.165, 1.54) is 18.4 Å². The first-order chi connectivity index (χ1) is 8.16. The van der Waals surface area contributed by atoms with Gasteiger partial charge in [-0.15, -0.1) is 0 Å². The highest BCUT2D eigenvalue weighted by atomic mass is 16.2. The maximum absolute atomic E-state index is 12.0. The van der Waals surface area contributed by atoms with Gasteiger partial charge in [-0.2, -0.15) is 0 Å². The second-order valence-electron chi connectivity index (χ2n) is 4.83. The van der Waals surface area contributed by atoms with Gasteiger partial charge in [-0.1, -0.05) is 30.5 Å². The molecule has 2 amide bonds. The van der Waals surface area contributed by atoms with Gasteiger partial charge in [0.2, 0.25) is 0 Å². The highest BCUT2D eigenvalue weighted by molar-refractivity contribution is 5.91. The number of anilines is 1. The predicted molar refractivity (Wildman–Crippen MR) is 70.4 cm³/mol. The van der Waals surface area contributed by atoms with Crippen molar-refractivity contribution in [3.05, 3.63) is 29.8 Å². The molecule has 0 atom stereocenters. The summed E-state index contributed by atoms with van der Waals surface area (Å²) in [4.78, 5) is 13.7. The van der Waals surface area contributed by atoms with Gasteiger partial charge in [0, 0.05) is 18.8 Å². The Labute approximate surface area is 103 Å². The van der Waals surface area contributed by atoms with Crippen LogP contribution in [0.15, 0.2) is 24.3 Å². The van der Waals surface area contributed by atoms with Crippen LogP contribution < -0.4 is 10.2 Å². The number of benzene rings is 1. The molecule has 0 radical (unpaired) electrons. The third-order valence-corrected chi connectivity index (χ3v) is 3.41. The van der Waals surface area contributed by atoms with Gasteiger partial charge in [0.15, 0.2) is 0 Å². The first-order valence-corrected chi connectivity index (χ1v) is 6.28. The van der Waals surface area contributed by atoms with Crippen LogP contribution in [0.4, 0.5) is 10.5 Å². The summed E-state index contributed by atoms with van der Waals surface area (Å²) in [7, 11) is 1.81. The van der Waals surface area contributed by atoms with Gasteiger partial charge in [0.1, 0.15) is 0 Å². The average molecular weight is 232 g/mol. The minimum atomic E-state index is 0.000697. The Morgan fingerprint density at radius 1 is 1.24 bits per heavy atom. The summed E-state index contributed by atoms with van der Waals surface area (Å²) in [6.07, 6.45) is 4.71. The lowest BCUT2D eigenvalue weighted by molar-refractivity contribution is 0.244. The van der Waals surface area contributed by atoms with E-state index < -0.39 is 0 Å². The van der Waals surface area contributed by atoms with Gasteiger partial charge in [-0.05, 0) is 31.9 Å². The molecule has 0 saturated heterocycles. The summed E-state index contributed by atoms with van der Waals surface area (Å²) in [6, 6.07) is 8.37. The quantitative estimate of drug-likeness (QED) is 0.835. The van der Waals surface area contributed by atoms with Gasteiger partial charge in [-0.25, -0.2) is 4.79 Å². The average Bonchev–Trinajstić information content (AvgIpc) is 2.82. The van der Waals surface area contributed by atoms with Crippen LogP contribution in [0.5, 0.6) is 0 Å². The third-order valence-electron chi connectivity index (χ3n) is 3.41. The van der Waals surface area contributed by atoms with Crippen molar-refractivity contribution >= 4 is 11.7 Å². The molecule has 0 spiro atoms. The minimum absolute atomic E-state index is 0.000697. The number of hydrogen-bond acceptors (Lipinski definition) is 1. The van der Waals surface area contributed by atoms with Crippen LogP contribution in [0.3, 0.4) is 0 Å². The fourth-order valence-corrected chi connectivity index (χ4v) is 2.23. The van der Waals surface area contributed by atoms with E-state index in [9.17, 15) is 4.79 Å². The van der Waals surface area contributed by atoms with E-state index in [2.05, 4.69) is 5.32 Å². The van der Waals surface area contributed by atoms with Crippen molar-refractivity contribution in [1.82, 2.24) is 5.32 Å². The number of carbonyl (C=O) groups excluding carboxylic acids is 1. The first-order valence-electron chi connectivity index (χ1n) is 6.28. The largest absolute Gasteiger partial charge is 0.335 e. The molecule has 0 aliphatic heterocycles. The summed E-state index contributed by atoms with van der Waals surface area (Å²) in [5.74, 6) is 0. The molecular formula is C14H20N2O. The SMILES string of the molecule is Cc1ccc(N(C)C(=O)NC2CCCC2)cc1. The molecule has 0 aromatic heterocycles. The van der Waals surface area contributed by atoms with Crippen molar-refractivity contribution in [2.24, 2.45) is 0 Å². The molecule has 0 bridgehead atoms. The number of nitrogens with one attached hydrogen (secondary N) is 1. The maximum Gasteiger partial charge on any atom is 0.321 e. The highest BCUT2D eigenvalue weighted by Gasteiger charge is 2.19. The summed E-state index contributed by atoms with van der Waals surface area (Å²) in [5, 5.41) is 3.08. The van der Waals surface area contributed by atoms with Crippen LogP contribution in [0.25, 0.3) is 0 Å². The van der Waals surface area contributed by atoms with Gasteiger partial charge < -0.3 is 5.32 Å². The van der Waals surface area contributed by atoms with Crippen LogP contribution in [-0.4, -0.2) is 19.1 Å². The summed E-state index contributed by atoms with van der Waals surface area (Å²) in [5.41, 5.74) is 2.14. The standard InChI is InChI=1S/C14H20N2O/c1-11-7-9-13(10-8-11)16(2)14(17)15-12-5-3-4-6-12/h7-10,12H,3-6H2,1-2H3,(H,15,17). The lowest BCUT2D eigenvalue weighted by atomic mass is 10.2. The third kappa shape index (κ3) is 2.99. The fraction of sp³-hybridized carbons (Fsp3) is 0.500. The van der Waals surface area contributed by atoms with Gasteiger partial charge in [0.05, 0.1) is 0 Å². The summed E-state index contributed by atoms with van der Waals surface area (Å²) in [6.45, 7) is 2.04. The molecule has 17 heavy (non-hydrogen) atoms. The lowest BCUT2D eigenvalue weighted by Gasteiger charge is -2.21. The van der Waals surface area contributed by atoms with E-state index in [1.54, 1.807) is 4.90 Å².